The van der Waals surface area contributed by atoms with Crippen molar-refractivity contribution in [2.45, 2.75) is 59.4 Å². The first-order chi connectivity index (χ1) is 9.44. The van der Waals surface area contributed by atoms with Gasteiger partial charge in [0, 0.05) is 13.2 Å². The van der Waals surface area contributed by atoms with E-state index in [2.05, 4.69) is 31.0 Å². The summed E-state index contributed by atoms with van der Waals surface area (Å²) in [5.41, 5.74) is 0.0876. The number of aliphatic hydroxyl groups excluding tert-OH is 1. The highest BCUT2D eigenvalue weighted by Gasteiger charge is 2.34. The third-order valence-electron chi connectivity index (χ3n) is 4.89. The molecule has 4 heteroatoms. The van der Waals surface area contributed by atoms with Gasteiger partial charge >= 0.3 is 0 Å². The summed E-state index contributed by atoms with van der Waals surface area (Å²) in [5.74, 6) is 0.758. The van der Waals surface area contributed by atoms with Gasteiger partial charge in [-0.25, -0.2) is 0 Å². The SMILES string of the molecule is CCC1(CO)CCN(C(C)C(=O)NCCC(C)C)CC1. The molecular formula is C16H32N2O2. The van der Waals surface area contributed by atoms with E-state index in [1.54, 1.807) is 0 Å². The summed E-state index contributed by atoms with van der Waals surface area (Å²) in [6, 6.07) is -0.0595. The normalized spacial score (nSPS) is 20.9. The molecule has 1 atom stereocenters. The summed E-state index contributed by atoms with van der Waals surface area (Å²) in [7, 11) is 0. The lowest BCUT2D eigenvalue weighted by Crippen LogP contribution is -2.51. The number of hydrogen-bond acceptors (Lipinski definition) is 3. The number of carbonyl (C=O) groups excluding carboxylic acids is 1. The molecular weight excluding hydrogens is 252 g/mol. The molecule has 0 aromatic rings. The van der Waals surface area contributed by atoms with Crippen LogP contribution in [0.15, 0.2) is 0 Å². The zero-order valence-corrected chi connectivity index (χ0v) is 13.6. The van der Waals surface area contributed by atoms with Crippen molar-refractivity contribution in [3.8, 4) is 0 Å². The van der Waals surface area contributed by atoms with Gasteiger partial charge in [0.15, 0.2) is 0 Å². The molecule has 20 heavy (non-hydrogen) atoms. The number of amides is 1. The third-order valence-corrected chi connectivity index (χ3v) is 4.89. The fourth-order valence-corrected chi connectivity index (χ4v) is 2.81. The Balaban J connectivity index is 2.38. The summed E-state index contributed by atoms with van der Waals surface area (Å²) in [4.78, 5) is 14.4. The second-order valence-corrected chi connectivity index (χ2v) is 6.70. The van der Waals surface area contributed by atoms with Crippen molar-refractivity contribution >= 4 is 5.91 Å². The number of likely N-dealkylation sites (tertiary alicyclic amines) is 1. The van der Waals surface area contributed by atoms with Gasteiger partial charge in [-0.1, -0.05) is 20.8 Å². The Morgan fingerprint density at radius 1 is 1.30 bits per heavy atom. The van der Waals surface area contributed by atoms with E-state index in [-0.39, 0.29) is 24.0 Å². The Labute approximate surface area is 123 Å². The average molecular weight is 284 g/mol. The quantitative estimate of drug-likeness (QED) is 0.752. The fourth-order valence-electron chi connectivity index (χ4n) is 2.81. The monoisotopic (exact) mass is 284 g/mol. The van der Waals surface area contributed by atoms with Crippen molar-refractivity contribution in [2.24, 2.45) is 11.3 Å². The van der Waals surface area contributed by atoms with Gasteiger partial charge in [0.2, 0.25) is 5.91 Å². The molecule has 0 saturated carbocycles. The zero-order valence-electron chi connectivity index (χ0n) is 13.6. The van der Waals surface area contributed by atoms with Gasteiger partial charge in [0.05, 0.1) is 6.04 Å². The number of nitrogens with zero attached hydrogens (tertiary/aromatic N) is 1. The van der Waals surface area contributed by atoms with E-state index in [1.807, 2.05) is 6.92 Å². The maximum Gasteiger partial charge on any atom is 0.237 e. The van der Waals surface area contributed by atoms with Crippen LogP contribution < -0.4 is 5.32 Å². The maximum atomic E-state index is 12.1. The lowest BCUT2D eigenvalue weighted by atomic mass is 9.76. The van der Waals surface area contributed by atoms with Crippen molar-refractivity contribution in [3.63, 3.8) is 0 Å². The highest BCUT2D eigenvalue weighted by atomic mass is 16.3. The van der Waals surface area contributed by atoms with Crippen LogP contribution in [0.3, 0.4) is 0 Å². The van der Waals surface area contributed by atoms with Gasteiger partial charge < -0.3 is 10.4 Å². The third kappa shape index (κ3) is 4.74. The van der Waals surface area contributed by atoms with Crippen LogP contribution in [0.25, 0.3) is 0 Å². The van der Waals surface area contributed by atoms with Crippen LogP contribution in [-0.4, -0.2) is 48.2 Å². The molecule has 1 rings (SSSR count). The van der Waals surface area contributed by atoms with Gasteiger partial charge in [0.1, 0.15) is 0 Å². The van der Waals surface area contributed by atoms with Gasteiger partial charge in [-0.3, -0.25) is 9.69 Å². The summed E-state index contributed by atoms with van der Waals surface area (Å²) >= 11 is 0. The largest absolute Gasteiger partial charge is 0.396 e. The highest BCUT2D eigenvalue weighted by molar-refractivity contribution is 5.81. The molecule has 1 aliphatic rings. The van der Waals surface area contributed by atoms with E-state index in [0.29, 0.717) is 5.92 Å². The molecule has 0 spiro atoms. The smallest absolute Gasteiger partial charge is 0.237 e. The molecule has 0 aliphatic carbocycles. The molecule has 1 fully saturated rings. The van der Waals surface area contributed by atoms with E-state index in [0.717, 1.165) is 45.3 Å². The van der Waals surface area contributed by atoms with E-state index in [1.165, 1.54) is 0 Å². The number of hydrogen-bond donors (Lipinski definition) is 2. The number of piperidine rings is 1. The molecule has 118 valence electrons. The Morgan fingerprint density at radius 3 is 2.35 bits per heavy atom. The molecule has 1 amide bonds. The number of carbonyl (C=O) groups is 1. The van der Waals surface area contributed by atoms with Gasteiger partial charge in [-0.2, -0.15) is 0 Å². The van der Waals surface area contributed by atoms with Crippen LogP contribution in [0.2, 0.25) is 0 Å². The predicted molar refractivity (Wildman–Crippen MR) is 82.5 cm³/mol. The highest BCUT2D eigenvalue weighted by Crippen LogP contribution is 2.34. The number of rotatable bonds is 7. The Hall–Kier alpha value is -0.610. The van der Waals surface area contributed by atoms with Crippen LogP contribution in [0.4, 0.5) is 0 Å². The molecule has 0 bridgehead atoms. The lowest BCUT2D eigenvalue weighted by Gasteiger charge is -2.42. The maximum absolute atomic E-state index is 12.1. The Bertz CT molecular complexity index is 291. The minimum atomic E-state index is -0.0595. The molecule has 1 unspecified atom stereocenters. The summed E-state index contributed by atoms with van der Waals surface area (Å²) in [6.07, 6.45) is 4.03. The predicted octanol–water partition coefficient (Wildman–Crippen LogP) is 2.02. The van der Waals surface area contributed by atoms with E-state index >= 15 is 0 Å². The minimum Gasteiger partial charge on any atom is -0.396 e. The molecule has 4 nitrogen and oxygen atoms in total. The van der Waals surface area contributed by atoms with E-state index in [9.17, 15) is 9.90 Å². The fraction of sp³-hybridized carbons (Fsp3) is 0.938. The van der Waals surface area contributed by atoms with Gasteiger partial charge in [-0.05, 0) is 57.0 Å². The van der Waals surface area contributed by atoms with Crippen molar-refractivity contribution in [1.82, 2.24) is 10.2 Å². The van der Waals surface area contributed by atoms with E-state index in [4.69, 9.17) is 0 Å². The first kappa shape index (κ1) is 17.4. The minimum absolute atomic E-state index is 0.0595. The second kappa shape index (κ2) is 7.99. The number of nitrogens with one attached hydrogen (secondary N) is 1. The Kier molecular flexibility index (Phi) is 6.96. The number of aliphatic hydroxyl groups is 1. The average Bonchev–Trinajstić information content (AvgIpc) is 2.46. The summed E-state index contributed by atoms with van der Waals surface area (Å²) in [6.45, 7) is 11.3. The van der Waals surface area contributed by atoms with Crippen molar-refractivity contribution in [2.75, 3.05) is 26.2 Å². The summed E-state index contributed by atoms with van der Waals surface area (Å²) in [5, 5.41) is 12.6. The summed E-state index contributed by atoms with van der Waals surface area (Å²) < 4.78 is 0. The van der Waals surface area contributed by atoms with Gasteiger partial charge in [-0.15, -0.1) is 0 Å². The second-order valence-electron chi connectivity index (χ2n) is 6.70. The van der Waals surface area contributed by atoms with Crippen LogP contribution in [0, 0.1) is 11.3 Å². The van der Waals surface area contributed by atoms with Crippen LogP contribution in [0.1, 0.15) is 53.4 Å². The topological polar surface area (TPSA) is 52.6 Å². The Morgan fingerprint density at radius 2 is 1.90 bits per heavy atom. The van der Waals surface area contributed by atoms with Crippen molar-refractivity contribution in [3.05, 3.63) is 0 Å². The molecule has 1 heterocycles. The standard InChI is InChI=1S/C16H32N2O2/c1-5-16(12-19)7-10-18(11-8-16)14(4)15(20)17-9-6-13(2)3/h13-14,19H,5-12H2,1-4H3,(H,17,20). The van der Waals surface area contributed by atoms with Crippen molar-refractivity contribution < 1.29 is 9.90 Å². The van der Waals surface area contributed by atoms with Crippen molar-refractivity contribution in [1.29, 1.82) is 0 Å². The lowest BCUT2D eigenvalue weighted by molar-refractivity contribution is -0.127. The molecule has 1 saturated heterocycles. The first-order valence-corrected chi connectivity index (χ1v) is 8.06. The zero-order chi connectivity index (χ0) is 15.2. The molecule has 0 radical (unpaired) electrons. The van der Waals surface area contributed by atoms with E-state index < -0.39 is 0 Å². The molecule has 0 aromatic heterocycles. The molecule has 2 N–H and O–H groups in total. The molecule has 0 aromatic carbocycles. The van der Waals surface area contributed by atoms with Gasteiger partial charge in [0.25, 0.3) is 0 Å². The molecule has 1 aliphatic heterocycles. The first-order valence-electron chi connectivity index (χ1n) is 8.06. The van der Waals surface area contributed by atoms with Crippen LogP contribution in [-0.2, 0) is 4.79 Å². The van der Waals surface area contributed by atoms with Crippen LogP contribution in [0.5, 0.6) is 0 Å². The van der Waals surface area contributed by atoms with Crippen LogP contribution >= 0.6 is 0 Å².